The van der Waals surface area contributed by atoms with Gasteiger partial charge in [-0.2, -0.15) is 0 Å². The lowest BCUT2D eigenvalue weighted by Crippen LogP contribution is -2.36. The van der Waals surface area contributed by atoms with Crippen LogP contribution in [0.1, 0.15) is 43.9 Å². The number of rotatable bonds is 8. The number of hydrogen-bond acceptors (Lipinski definition) is 8. The first-order valence-corrected chi connectivity index (χ1v) is 10.7. The second kappa shape index (κ2) is 9.78. The van der Waals surface area contributed by atoms with Crippen LogP contribution in [0.15, 0.2) is 42.5 Å². The molecule has 0 atom stereocenters. The number of esters is 1. The van der Waals surface area contributed by atoms with Crippen LogP contribution in [0, 0.1) is 10.1 Å². The van der Waals surface area contributed by atoms with Crippen LogP contribution < -0.4 is 4.90 Å². The van der Waals surface area contributed by atoms with Gasteiger partial charge in [0, 0.05) is 31.4 Å². The van der Waals surface area contributed by atoms with Gasteiger partial charge in [0.15, 0.2) is 0 Å². The van der Waals surface area contributed by atoms with E-state index in [2.05, 4.69) is 0 Å². The van der Waals surface area contributed by atoms with Crippen LogP contribution in [-0.4, -0.2) is 67.1 Å². The van der Waals surface area contributed by atoms with E-state index in [1.807, 2.05) is 4.90 Å². The zero-order chi connectivity index (χ0) is 23.4. The first kappa shape index (κ1) is 22.4. The highest BCUT2D eigenvalue weighted by Crippen LogP contribution is 2.27. The molecule has 2 amide bonds. The van der Waals surface area contributed by atoms with Gasteiger partial charge in [0.05, 0.1) is 35.9 Å². The summed E-state index contributed by atoms with van der Waals surface area (Å²) in [4.78, 5) is 51.3. The van der Waals surface area contributed by atoms with Crippen LogP contribution in [0.4, 0.5) is 11.4 Å². The van der Waals surface area contributed by atoms with Crippen LogP contribution in [0.2, 0.25) is 0 Å². The van der Waals surface area contributed by atoms with Crippen molar-refractivity contribution in [1.29, 1.82) is 0 Å². The Morgan fingerprint density at radius 3 is 2.33 bits per heavy atom. The standard InChI is InChI=1S/C23H23N3O7/c27-21-17-5-1-2-6-18(17)22(28)25(21)9-3-4-12-33-23(29)19-15-16(7-8-20(19)26(30)31)24-10-13-32-14-11-24/h1-2,5-8,15H,3-4,9-14H2. The quantitative estimate of drug-likeness (QED) is 0.197. The Labute approximate surface area is 189 Å². The van der Waals surface area contributed by atoms with Gasteiger partial charge in [-0.1, -0.05) is 12.1 Å². The van der Waals surface area contributed by atoms with Crippen molar-refractivity contribution in [3.8, 4) is 0 Å². The third-order valence-corrected chi connectivity index (χ3v) is 5.66. The maximum Gasteiger partial charge on any atom is 0.345 e. The zero-order valence-corrected chi connectivity index (χ0v) is 17.9. The number of anilines is 1. The SMILES string of the molecule is O=C(OCCCCN1C(=O)c2ccccc2C1=O)c1cc(N2CCOCC2)ccc1[N+](=O)[O-]. The molecule has 0 aliphatic carbocycles. The highest BCUT2D eigenvalue weighted by molar-refractivity contribution is 6.21. The molecule has 1 fully saturated rings. The smallest absolute Gasteiger partial charge is 0.345 e. The summed E-state index contributed by atoms with van der Waals surface area (Å²) >= 11 is 0. The van der Waals surface area contributed by atoms with Crippen molar-refractivity contribution < 1.29 is 28.8 Å². The molecule has 1 saturated heterocycles. The zero-order valence-electron chi connectivity index (χ0n) is 17.9. The minimum absolute atomic E-state index is 0.0148. The van der Waals surface area contributed by atoms with E-state index >= 15 is 0 Å². The van der Waals surface area contributed by atoms with Crippen molar-refractivity contribution in [2.75, 3.05) is 44.4 Å². The van der Waals surface area contributed by atoms with Gasteiger partial charge in [-0.15, -0.1) is 0 Å². The maximum atomic E-state index is 12.6. The highest BCUT2D eigenvalue weighted by atomic mass is 16.6. The second-order valence-corrected chi connectivity index (χ2v) is 7.71. The number of nitrogens with zero attached hydrogens (tertiary/aromatic N) is 3. The summed E-state index contributed by atoms with van der Waals surface area (Å²) in [5, 5.41) is 11.4. The third kappa shape index (κ3) is 4.70. The molecular formula is C23H23N3O7. The van der Waals surface area contributed by atoms with Crippen LogP contribution in [-0.2, 0) is 9.47 Å². The van der Waals surface area contributed by atoms with E-state index in [1.165, 1.54) is 17.0 Å². The first-order valence-electron chi connectivity index (χ1n) is 10.7. The molecule has 33 heavy (non-hydrogen) atoms. The molecule has 10 heteroatoms. The van der Waals surface area contributed by atoms with Crippen molar-refractivity contribution in [2.45, 2.75) is 12.8 Å². The largest absolute Gasteiger partial charge is 0.462 e. The number of amides is 2. The Morgan fingerprint density at radius 2 is 1.70 bits per heavy atom. The molecular weight excluding hydrogens is 430 g/mol. The summed E-state index contributed by atoms with van der Waals surface area (Å²) in [6, 6.07) is 11.1. The summed E-state index contributed by atoms with van der Waals surface area (Å²) in [6.07, 6.45) is 0.838. The fraction of sp³-hybridized carbons (Fsp3) is 0.348. The van der Waals surface area contributed by atoms with E-state index in [-0.39, 0.29) is 36.2 Å². The molecule has 2 aromatic carbocycles. The lowest BCUT2D eigenvalue weighted by Gasteiger charge is -2.29. The number of unbranched alkanes of at least 4 members (excludes halogenated alkanes) is 1. The minimum Gasteiger partial charge on any atom is -0.462 e. The van der Waals surface area contributed by atoms with E-state index in [0.717, 1.165) is 0 Å². The van der Waals surface area contributed by atoms with E-state index in [9.17, 15) is 24.5 Å². The predicted octanol–water partition coefficient (Wildman–Crippen LogP) is 2.66. The molecule has 4 rings (SSSR count). The number of benzene rings is 2. The molecule has 0 radical (unpaired) electrons. The Balaban J connectivity index is 1.32. The number of hydrogen-bond donors (Lipinski definition) is 0. The summed E-state index contributed by atoms with van der Waals surface area (Å²) < 4.78 is 10.6. The van der Waals surface area contributed by atoms with E-state index in [0.29, 0.717) is 56.0 Å². The molecule has 0 bridgehead atoms. The van der Waals surface area contributed by atoms with Crippen LogP contribution >= 0.6 is 0 Å². The molecule has 0 unspecified atom stereocenters. The highest BCUT2D eigenvalue weighted by Gasteiger charge is 2.34. The Morgan fingerprint density at radius 1 is 1.03 bits per heavy atom. The first-order chi connectivity index (χ1) is 16.0. The number of nitro groups is 1. The van der Waals surface area contributed by atoms with Gasteiger partial charge in [0.25, 0.3) is 17.5 Å². The van der Waals surface area contributed by atoms with Gasteiger partial charge in [0.1, 0.15) is 5.56 Å². The Hall–Kier alpha value is -3.79. The summed E-state index contributed by atoms with van der Waals surface area (Å²) in [5.41, 5.74) is 1.05. The maximum absolute atomic E-state index is 12.6. The average Bonchev–Trinajstić information content (AvgIpc) is 3.08. The van der Waals surface area contributed by atoms with Gasteiger partial charge in [-0.05, 0) is 37.1 Å². The number of carbonyl (C=O) groups is 3. The second-order valence-electron chi connectivity index (χ2n) is 7.71. The fourth-order valence-electron chi connectivity index (χ4n) is 3.92. The average molecular weight is 453 g/mol. The monoisotopic (exact) mass is 453 g/mol. The van der Waals surface area contributed by atoms with Gasteiger partial charge >= 0.3 is 5.97 Å². The van der Waals surface area contributed by atoms with Crippen LogP contribution in [0.25, 0.3) is 0 Å². The Bertz CT molecular complexity index is 1060. The van der Waals surface area contributed by atoms with E-state index in [1.54, 1.807) is 30.3 Å². The molecule has 172 valence electrons. The van der Waals surface area contributed by atoms with Crippen molar-refractivity contribution >= 4 is 29.2 Å². The summed E-state index contributed by atoms with van der Waals surface area (Å²) in [5.74, 6) is -1.44. The molecule has 2 aromatic rings. The molecule has 2 aliphatic rings. The topological polar surface area (TPSA) is 119 Å². The number of carbonyl (C=O) groups excluding carboxylic acids is 3. The number of ether oxygens (including phenoxy) is 2. The molecule has 0 spiro atoms. The number of fused-ring (bicyclic) bond motifs is 1. The number of morpholine rings is 1. The van der Waals surface area contributed by atoms with Crippen molar-refractivity contribution in [3.05, 3.63) is 69.3 Å². The van der Waals surface area contributed by atoms with Crippen LogP contribution in [0.5, 0.6) is 0 Å². The number of imide groups is 1. The van der Waals surface area contributed by atoms with Gasteiger partial charge in [0.2, 0.25) is 0 Å². The fourth-order valence-corrected chi connectivity index (χ4v) is 3.92. The predicted molar refractivity (Wildman–Crippen MR) is 117 cm³/mol. The van der Waals surface area contributed by atoms with Crippen molar-refractivity contribution in [1.82, 2.24) is 4.90 Å². The van der Waals surface area contributed by atoms with Crippen molar-refractivity contribution in [3.63, 3.8) is 0 Å². The van der Waals surface area contributed by atoms with Gasteiger partial charge in [-0.3, -0.25) is 24.6 Å². The molecule has 0 aromatic heterocycles. The summed E-state index contributed by atoms with van der Waals surface area (Å²) in [6.45, 7) is 2.57. The lowest BCUT2D eigenvalue weighted by molar-refractivity contribution is -0.385. The number of nitro benzene ring substituents is 1. The van der Waals surface area contributed by atoms with E-state index < -0.39 is 10.9 Å². The normalized spacial score (nSPS) is 15.5. The molecule has 2 heterocycles. The van der Waals surface area contributed by atoms with Crippen LogP contribution in [0.3, 0.4) is 0 Å². The third-order valence-electron chi connectivity index (χ3n) is 5.66. The molecule has 0 saturated carbocycles. The lowest BCUT2D eigenvalue weighted by atomic mass is 10.1. The molecule has 10 nitrogen and oxygen atoms in total. The van der Waals surface area contributed by atoms with Gasteiger partial charge < -0.3 is 14.4 Å². The minimum atomic E-state index is -0.780. The van der Waals surface area contributed by atoms with Crippen molar-refractivity contribution in [2.24, 2.45) is 0 Å². The Kier molecular flexibility index (Phi) is 6.64. The molecule has 0 N–H and O–H groups in total. The molecule has 2 aliphatic heterocycles. The van der Waals surface area contributed by atoms with E-state index in [4.69, 9.17) is 9.47 Å². The van der Waals surface area contributed by atoms with Gasteiger partial charge in [-0.25, -0.2) is 4.79 Å². The summed E-state index contributed by atoms with van der Waals surface area (Å²) in [7, 11) is 0.